The molecule has 0 spiro atoms. The molecule has 7 nitrogen and oxygen atoms in total. The van der Waals surface area contributed by atoms with E-state index in [0.29, 0.717) is 37.0 Å². The second kappa shape index (κ2) is 9.12. The molecular weight excluding hydrogens is 398 g/mol. The minimum atomic E-state index is -0.0923. The average Bonchev–Trinajstić information content (AvgIpc) is 3.46. The summed E-state index contributed by atoms with van der Waals surface area (Å²) < 4.78 is 0. The lowest BCUT2D eigenvalue weighted by molar-refractivity contribution is -0.121. The third-order valence-electron chi connectivity index (χ3n) is 5.99. The van der Waals surface area contributed by atoms with Gasteiger partial charge in [-0.2, -0.15) is 0 Å². The van der Waals surface area contributed by atoms with Crippen LogP contribution in [-0.4, -0.2) is 58.1 Å². The van der Waals surface area contributed by atoms with E-state index >= 15 is 0 Å². The number of rotatable bonds is 4. The van der Waals surface area contributed by atoms with E-state index < -0.39 is 0 Å². The summed E-state index contributed by atoms with van der Waals surface area (Å²) in [6, 6.07) is 8.44. The van der Waals surface area contributed by atoms with Crippen LogP contribution in [0.3, 0.4) is 0 Å². The summed E-state index contributed by atoms with van der Waals surface area (Å²) in [7, 11) is 0. The van der Waals surface area contributed by atoms with E-state index in [9.17, 15) is 9.59 Å². The van der Waals surface area contributed by atoms with Gasteiger partial charge in [0.2, 0.25) is 11.0 Å². The van der Waals surface area contributed by atoms with Gasteiger partial charge >= 0.3 is 6.03 Å². The van der Waals surface area contributed by atoms with Gasteiger partial charge in [0, 0.05) is 37.7 Å². The number of hydrogen-bond acceptors (Lipinski definition) is 5. The zero-order valence-corrected chi connectivity index (χ0v) is 18.5. The number of nitrogens with zero attached hydrogens (tertiary/aromatic N) is 4. The van der Waals surface area contributed by atoms with Crippen LogP contribution < -0.4 is 5.32 Å². The number of amides is 3. The SMILES string of the molecule is CC(C)c1ccc(-c2nnc(NC(=O)C3CCN(C(=O)N4CCCC4)CC3)s2)cc1. The van der Waals surface area contributed by atoms with Gasteiger partial charge in [0.1, 0.15) is 5.01 Å². The summed E-state index contributed by atoms with van der Waals surface area (Å²) in [5.74, 6) is 0.367. The van der Waals surface area contributed by atoms with E-state index in [1.807, 2.05) is 9.80 Å². The van der Waals surface area contributed by atoms with E-state index in [0.717, 1.165) is 36.5 Å². The number of anilines is 1. The van der Waals surface area contributed by atoms with Crippen molar-refractivity contribution in [3.05, 3.63) is 29.8 Å². The Morgan fingerprint density at radius 1 is 1.00 bits per heavy atom. The van der Waals surface area contributed by atoms with Gasteiger partial charge in [-0.05, 0) is 37.2 Å². The second-order valence-electron chi connectivity index (χ2n) is 8.42. The Hall–Kier alpha value is -2.48. The van der Waals surface area contributed by atoms with E-state index in [2.05, 4.69) is 53.6 Å². The highest BCUT2D eigenvalue weighted by atomic mass is 32.1. The molecule has 2 fully saturated rings. The lowest BCUT2D eigenvalue weighted by atomic mass is 9.96. The van der Waals surface area contributed by atoms with Crippen molar-refractivity contribution in [1.29, 1.82) is 0 Å². The first-order valence-corrected chi connectivity index (χ1v) is 11.6. The normalized spacial score (nSPS) is 17.6. The number of carbonyl (C=O) groups is 2. The third kappa shape index (κ3) is 4.64. The van der Waals surface area contributed by atoms with E-state index in [1.54, 1.807) is 0 Å². The Kier molecular flexibility index (Phi) is 6.32. The zero-order valence-electron chi connectivity index (χ0n) is 17.6. The molecule has 8 heteroatoms. The predicted octanol–water partition coefficient (Wildman–Crippen LogP) is 4.19. The lowest BCUT2D eigenvalue weighted by Crippen LogP contribution is -2.47. The quantitative estimate of drug-likeness (QED) is 0.793. The van der Waals surface area contributed by atoms with Crippen molar-refractivity contribution in [1.82, 2.24) is 20.0 Å². The first-order valence-electron chi connectivity index (χ1n) is 10.8. The fourth-order valence-electron chi connectivity index (χ4n) is 4.05. The molecule has 0 saturated carbocycles. The summed E-state index contributed by atoms with van der Waals surface area (Å²) >= 11 is 1.39. The highest BCUT2D eigenvalue weighted by Crippen LogP contribution is 2.29. The Balaban J connectivity index is 1.30. The molecule has 160 valence electrons. The van der Waals surface area contributed by atoms with Crippen molar-refractivity contribution in [3.63, 3.8) is 0 Å². The molecule has 0 aliphatic carbocycles. The number of carbonyl (C=O) groups excluding carboxylic acids is 2. The number of hydrogen-bond donors (Lipinski definition) is 1. The smallest absolute Gasteiger partial charge is 0.319 e. The average molecular weight is 428 g/mol. The van der Waals surface area contributed by atoms with Crippen LogP contribution in [0.4, 0.5) is 9.93 Å². The van der Waals surface area contributed by atoms with E-state index in [4.69, 9.17) is 0 Å². The van der Waals surface area contributed by atoms with Gasteiger partial charge in [-0.25, -0.2) is 4.79 Å². The summed E-state index contributed by atoms with van der Waals surface area (Å²) in [5, 5.41) is 12.6. The van der Waals surface area contributed by atoms with Gasteiger partial charge in [-0.1, -0.05) is 49.4 Å². The lowest BCUT2D eigenvalue weighted by Gasteiger charge is -2.33. The van der Waals surface area contributed by atoms with Gasteiger partial charge in [-0.3, -0.25) is 4.79 Å². The van der Waals surface area contributed by atoms with Gasteiger partial charge in [0.05, 0.1) is 0 Å². The maximum absolute atomic E-state index is 12.7. The standard InChI is InChI=1S/C22H29N5O2S/c1-15(2)16-5-7-18(8-6-16)20-24-25-21(30-20)23-19(28)17-9-13-27(14-10-17)22(29)26-11-3-4-12-26/h5-8,15,17H,3-4,9-14H2,1-2H3,(H,23,25,28). The van der Waals surface area contributed by atoms with Crippen molar-refractivity contribution < 1.29 is 9.59 Å². The largest absolute Gasteiger partial charge is 0.325 e. The molecular formula is C22H29N5O2S. The summed E-state index contributed by atoms with van der Waals surface area (Å²) in [6.07, 6.45) is 3.56. The van der Waals surface area contributed by atoms with Crippen LogP contribution in [0.1, 0.15) is 51.0 Å². The summed E-state index contributed by atoms with van der Waals surface area (Å²) in [4.78, 5) is 29.0. The Labute approximate surface area is 181 Å². The third-order valence-corrected chi connectivity index (χ3v) is 6.88. The molecule has 2 saturated heterocycles. The molecule has 1 N–H and O–H groups in total. The molecule has 0 radical (unpaired) electrons. The number of benzene rings is 1. The van der Waals surface area contributed by atoms with E-state index in [1.165, 1.54) is 16.9 Å². The molecule has 2 aliphatic rings. The van der Waals surface area contributed by atoms with Crippen LogP contribution >= 0.6 is 11.3 Å². The van der Waals surface area contributed by atoms with Crippen molar-refractivity contribution in [3.8, 4) is 10.6 Å². The molecule has 2 aromatic rings. The number of urea groups is 1. The molecule has 4 rings (SSSR count). The highest BCUT2D eigenvalue weighted by molar-refractivity contribution is 7.18. The molecule has 3 amide bonds. The highest BCUT2D eigenvalue weighted by Gasteiger charge is 2.30. The topological polar surface area (TPSA) is 78.4 Å². The Bertz CT molecular complexity index is 881. The first-order chi connectivity index (χ1) is 14.5. The molecule has 2 aliphatic heterocycles. The number of aromatic nitrogens is 2. The van der Waals surface area contributed by atoms with Crippen LogP contribution in [0.15, 0.2) is 24.3 Å². The number of likely N-dealkylation sites (tertiary alicyclic amines) is 2. The fourth-order valence-corrected chi connectivity index (χ4v) is 4.80. The minimum absolute atomic E-state index is 0.0267. The van der Waals surface area contributed by atoms with E-state index in [-0.39, 0.29) is 17.9 Å². The van der Waals surface area contributed by atoms with Gasteiger partial charge in [-0.15, -0.1) is 10.2 Å². The van der Waals surface area contributed by atoms with Crippen LogP contribution in [0.25, 0.3) is 10.6 Å². The zero-order chi connectivity index (χ0) is 21.1. The molecule has 0 unspecified atom stereocenters. The second-order valence-corrected chi connectivity index (χ2v) is 9.39. The van der Waals surface area contributed by atoms with Crippen LogP contribution in [0, 0.1) is 5.92 Å². The maximum atomic E-state index is 12.7. The predicted molar refractivity (Wildman–Crippen MR) is 119 cm³/mol. The molecule has 0 bridgehead atoms. The van der Waals surface area contributed by atoms with Gasteiger partial charge in [0.25, 0.3) is 0 Å². The molecule has 3 heterocycles. The summed E-state index contributed by atoms with van der Waals surface area (Å²) in [5.41, 5.74) is 2.29. The Morgan fingerprint density at radius 3 is 2.27 bits per heavy atom. The molecule has 1 aromatic heterocycles. The maximum Gasteiger partial charge on any atom is 0.319 e. The first kappa shape index (κ1) is 20.8. The van der Waals surface area contributed by atoms with Crippen LogP contribution in [0.2, 0.25) is 0 Å². The molecule has 1 aromatic carbocycles. The molecule has 30 heavy (non-hydrogen) atoms. The number of piperidine rings is 1. The summed E-state index contributed by atoms with van der Waals surface area (Å²) in [6.45, 7) is 7.33. The van der Waals surface area contributed by atoms with Crippen molar-refractivity contribution in [2.45, 2.75) is 45.4 Å². The van der Waals surface area contributed by atoms with Crippen LogP contribution in [-0.2, 0) is 4.79 Å². The van der Waals surface area contributed by atoms with Crippen molar-refractivity contribution in [2.75, 3.05) is 31.5 Å². The fraction of sp³-hybridized carbons (Fsp3) is 0.545. The van der Waals surface area contributed by atoms with Crippen molar-refractivity contribution >= 4 is 28.4 Å². The van der Waals surface area contributed by atoms with Crippen molar-refractivity contribution in [2.24, 2.45) is 5.92 Å². The number of nitrogens with one attached hydrogen (secondary N) is 1. The minimum Gasteiger partial charge on any atom is -0.325 e. The monoisotopic (exact) mass is 427 g/mol. The Morgan fingerprint density at radius 2 is 1.63 bits per heavy atom. The van der Waals surface area contributed by atoms with Gasteiger partial charge in [0.15, 0.2) is 0 Å². The molecule has 0 atom stereocenters. The van der Waals surface area contributed by atoms with Crippen LogP contribution in [0.5, 0.6) is 0 Å². The van der Waals surface area contributed by atoms with Gasteiger partial charge < -0.3 is 15.1 Å².